The van der Waals surface area contributed by atoms with Gasteiger partial charge in [-0.15, -0.1) is 0 Å². The fourth-order valence-electron chi connectivity index (χ4n) is 2.36. The third-order valence-electron chi connectivity index (χ3n) is 3.45. The van der Waals surface area contributed by atoms with Crippen LogP contribution in [0, 0.1) is 0 Å². The predicted octanol–water partition coefficient (Wildman–Crippen LogP) is 4.09. The van der Waals surface area contributed by atoms with Crippen molar-refractivity contribution < 1.29 is 14.6 Å². The van der Waals surface area contributed by atoms with Crippen molar-refractivity contribution >= 4 is 40.6 Å². The van der Waals surface area contributed by atoms with Gasteiger partial charge in [0.15, 0.2) is 0 Å². The van der Waals surface area contributed by atoms with Gasteiger partial charge in [-0.3, -0.25) is 5.10 Å². The average molecular weight is 329 g/mol. The minimum Gasteiger partial charge on any atom is -0.495 e. The van der Waals surface area contributed by atoms with Crippen LogP contribution in [0.2, 0.25) is 5.02 Å². The molecule has 3 aromatic rings. The Morgan fingerprint density at radius 2 is 1.96 bits per heavy atom. The maximum Gasteiger partial charge on any atom is 0.339 e. The van der Waals surface area contributed by atoms with Crippen molar-refractivity contribution in [1.29, 1.82) is 0 Å². The van der Waals surface area contributed by atoms with E-state index in [0.717, 1.165) is 5.56 Å². The molecule has 0 aliphatic rings. The Balaban J connectivity index is 2.09. The second-order valence-electron chi connectivity index (χ2n) is 4.87. The minimum atomic E-state index is -1.04. The van der Waals surface area contributed by atoms with Gasteiger partial charge in [0.05, 0.1) is 23.7 Å². The average Bonchev–Trinajstić information content (AvgIpc) is 2.96. The summed E-state index contributed by atoms with van der Waals surface area (Å²) in [7, 11) is 1.45. The third-order valence-corrected chi connectivity index (χ3v) is 3.70. The summed E-state index contributed by atoms with van der Waals surface area (Å²) in [5.41, 5.74) is 2.37. The zero-order valence-electron chi connectivity index (χ0n) is 12.2. The minimum absolute atomic E-state index is 0.0996. The van der Waals surface area contributed by atoms with Gasteiger partial charge in [0.1, 0.15) is 11.3 Å². The topological polar surface area (TPSA) is 75.2 Å². The van der Waals surface area contributed by atoms with Crippen molar-refractivity contribution in [3.63, 3.8) is 0 Å². The molecular weight excluding hydrogens is 316 g/mol. The lowest BCUT2D eigenvalue weighted by Gasteiger charge is -2.06. The second kappa shape index (κ2) is 6.14. The fourth-order valence-corrected chi connectivity index (χ4v) is 2.48. The van der Waals surface area contributed by atoms with Crippen molar-refractivity contribution in [2.45, 2.75) is 0 Å². The Kier molecular flexibility index (Phi) is 4.04. The summed E-state index contributed by atoms with van der Waals surface area (Å²) in [6.45, 7) is 0. The van der Waals surface area contributed by atoms with E-state index in [1.807, 2.05) is 18.2 Å². The van der Waals surface area contributed by atoms with Crippen LogP contribution >= 0.6 is 11.6 Å². The lowest BCUT2D eigenvalue weighted by Crippen LogP contribution is -2.00. The van der Waals surface area contributed by atoms with E-state index in [1.54, 1.807) is 24.3 Å². The number of hydrogen-bond donors (Lipinski definition) is 2. The van der Waals surface area contributed by atoms with E-state index in [9.17, 15) is 9.90 Å². The number of carboxylic acids is 1. The molecule has 5 nitrogen and oxygen atoms in total. The zero-order chi connectivity index (χ0) is 16.4. The standard InChI is InChI=1S/C17H13ClN2O3/c1-23-16-12(17(21)22)7-9-14-15(16)13(19-20-14)8-4-10-2-5-11(18)6-3-10/h2-9H,1H3,(H,19,20)(H,21,22)/b8-4+. The summed E-state index contributed by atoms with van der Waals surface area (Å²) in [5.74, 6) is -0.753. The number of fused-ring (bicyclic) bond motifs is 1. The highest BCUT2D eigenvalue weighted by Gasteiger charge is 2.17. The van der Waals surface area contributed by atoms with Crippen LogP contribution in [0.1, 0.15) is 21.6 Å². The van der Waals surface area contributed by atoms with Gasteiger partial charge in [-0.25, -0.2) is 4.79 Å². The number of H-pyrrole nitrogens is 1. The molecule has 6 heteroatoms. The molecule has 0 atom stereocenters. The number of aromatic nitrogens is 2. The Hall–Kier alpha value is -2.79. The lowest BCUT2D eigenvalue weighted by atomic mass is 10.1. The second-order valence-corrected chi connectivity index (χ2v) is 5.30. The monoisotopic (exact) mass is 328 g/mol. The number of nitrogens with one attached hydrogen (secondary N) is 1. The number of halogens is 1. The highest BCUT2D eigenvalue weighted by atomic mass is 35.5. The zero-order valence-corrected chi connectivity index (χ0v) is 13.0. The summed E-state index contributed by atoms with van der Waals surface area (Å²) in [5, 5.41) is 17.7. The molecule has 1 aromatic heterocycles. The van der Waals surface area contributed by atoms with Gasteiger partial charge in [0, 0.05) is 5.02 Å². The number of aromatic carboxylic acids is 1. The molecule has 0 bridgehead atoms. The Morgan fingerprint density at radius 3 is 2.61 bits per heavy atom. The molecule has 0 radical (unpaired) electrons. The number of rotatable bonds is 4. The van der Waals surface area contributed by atoms with Crippen molar-refractivity contribution in [2.24, 2.45) is 0 Å². The normalized spacial score (nSPS) is 11.2. The van der Waals surface area contributed by atoms with Gasteiger partial charge in [0.25, 0.3) is 0 Å². The highest BCUT2D eigenvalue weighted by Crippen LogP contribution is 2.32. The number of methoxy groups -OCH3 is 1. The Bertz CT molecular complexity index is 898. The van der Waals surface area contributed by atoms with Gasteiger partial charge in [0.2, 0.25) is 0 Å². The molecule has 0 spiro atoms. The summed E-state index contributed by atoms with van der Waals surface area (Å²) in [6.07, 6.45) is 3.68. The van der Waals surface area contributed by atoms with Crippen LogP contribution in [-0.4, -0.2) is 28.4 Å². The molecule has 0 unspecified atom stereocenters. The number of benzene rings is 2. The lowest BCUT2D eigenvalue weighted by molar-refractivity contribution is 0.0693. The number of ether oxygens (including phenoxy) is 1. The first kappa shape index (κ1) is 15.1. The number of nitrogens with zero attached hydrogens (tertiary/aromatic N) is 1. The quantitative estimate of drug-likeness (QED) is 0.756. The SMILES string of the molecule is COc1c(C(=O)O)ccc2[nH]nc(/C=C/c3ccc(Cl)cc3)c12. The van der Waals surface area contributed by atoms with Crippen LogP contribution in [0.3, 0.4) is 0 Å². The molecule has 23 heavy (non-hydrogen) atoms. The van der Waals surface area contributed by atoms with Gasteiger partial charge in [-0.1, -0.05) is 29.8 Å². The fraction of sp³-hybridized carbons (Fsp3) is 0.0588. The third kappa shape index (κ3) is 2.91. The van der Waals surface area contributed by atoms with E-state index in [-0.39, 0.29) is 5.56 Å². The van der Waals surface area contributed by atoms with E-state index < -0.39 is 5.97 Å². The summed E-state index contributed by atoms with van der Waals surface area (Å²) in [6, 6.07) is 10.5. The van der Waals surface area contributed by atoms with E-state index in [4.69, 9.17) is 16.3 Å². The molecule has 0 saturated heterocycles. The first-order valence-corrected chi connectivity index (χ1v) is 7.20. The molecule has 116 valence electrons. The predicted molar refractivity (Wildman–Crippen MR) is 90.0 cm³/mol. The van der Waals surface area contributed by atoms with Crippen molar-refractivity contribution in [3.05, 3.63) is 58.2 Å². The van der Waals surface area contributed by atoms with Crippen LogP contribution in [-0.2, 0) is 0 Å². The van der Waals surface area contributed by atoms with E-state index in [2.05, 4.69) is 10.2 Å². The van der Waals surface area contributed by atoms with E-state index in [0.29, 0.717) is 27.4 Å². The Labute approximate surface area is 137 Å². The molecular formula is C17H13ClN2O3. The smallest absolute Gasteiger partial charge is 0.339 e. The van der Waals surface area contributed by atoms with Crippen molar-refractivity contribution in [3.8, 4) is 5.75 Å². The van der Waals surface area contributed by atoms with Crippen LogP contribution in [0.15, 0.2) is 36.4 Å². The molecule has 1 heterocycles. The molecule has 2 N–H and O–H groups in total. The van der Waals surface area contributed by atoms with E-state index in [1.165, 1.54) is 13.2 Å². The molecule has 0 aliphatic carbocycles. The number of aromatic amines is 1. The highest BCUT2D eigenvalue weighted by molar-refractivity contribution is 6.30. The van der Waals surface area contributed by atoms with Crippen molar-refractivity contribution in [1.82, 2.24) is 10.2 Å². The van der Waals surface area contributed by atoms with Crippen LogP contribution in [0.4, 0.5) is 0 Å². The number of carbonyl (C=O) groups is 1. The van der Waals surface area contributed by atoms with Gasteiger partial charge < -0.3 is 9.84 Å². The van der Waals surface area contributed by atoms with Crippen LogP contribution in [0.5, 0.6) is 5.75 Å². The summed E-state index contributed by atoms with van der Waals surface area (Å²) in [4.78, 5) is 11.3. The molecule has 0 fully saturated rings. The summed E-state index contributed by atoms with van der Waals surface area (Å²) >= 11 is 5.86. The van der Waals surface area contributed by atoms with Crippen LogP contribution < -0.4 is 4.74 Å². The van der Waals surface area contributed by atoms with Gasteiger partial charge in [-0.05, 0) is 35.9 Å². The number of hydrogen-bond acceptors (Lipinski definition) is 3. The Morgan fingerprint density at radius 1 is 1.22 bits per heavy atom. The van der Waals surface area contributed by atoms with Crippen LogP contribution in [0.25, 0.3) is 23.1 Å². The maximum atomic E-state index is 11.3. The first-order valence-electron chi connectivity index (χ1n) is 6.82. The molecule has 0 saturated carbocycles. The molecule has 3 rings (SSSR count). The maximum absolute atomic E-state index is 11.3. The molecule has 0 aliphatic heterocycles. The number of carboxylic acid groups (broad SMARTS) is 1. The van der Waals surface area contributed by atoms with E-state index >= 15 is 0 Å². The largest absolute Gasteiger partial charge is 0.495 e. The van der Waals surface area contributed by atoms with Gasteiger partial charge in [-0.2, -0.15) is 5.10 Å². The van der Waals surface area contributed by atoms with Crippen molar-refractivity contribution in [2.75, 3.05) is 7.11 Å². The molecule has 0 amide bonds. The van der Waals surface area contributed by atoms with Gasteiger partial charge >= 0.3 is 5.97 Å². The first-order chi connectivity index (χ1) is 11.1. The molecule has 2 aromatic carbocycles. The summed E-state index contributed by atoms with van der Waals surface area (Å²) < 4.78 is 5.29.